The van der Waals surface area contributed by atoms with Crippen LogP contribution in [-0.4, -0.2) is 49.2 Å². The number of halogens is 1. The molecule has 144 valence electrons. The lowest BCUT2D eigenvalue weighted by atomic mass is 10.1. The van der Waals surface area contributed by atoms with Gasteiger partial charge in [-0.25, -0.2) is 0 Å². The van der Waals surface area contributed by atoms with Crippen molar-refractivity contribution in [3.8, 4) is 17.2 Å². The van der Waals surface area contributed by atoms with Gasteiger partial charge in [-0.05, 0) is 30.5 Å². The van der Waals surface area contributed by atoms with Crippen molar-refractivity contribution in [2.75, 3.05) is 27.3 Å². The number of aromatic nitrogens is 1. The number of carbonyl (C=O) groups is 1. The Bertz CT molecular complexity index is 799. The maximum atomic E-state index is 12.7. The van der Waals surface area contributed by atoms with Crippen LogP contribution in [0.5, 0.6) is 17.2 Å². The highest BCUT2D eigenvalue weighted by Crippen LogP contribution is 2.28. The first kappa shape index (κ1) is 19.3. The van der Waals surface area contributed by atoms with E-state index in [-0.39, 0.29) is 12.0 Å². The molecule has 1 atom stereocenters. The molecule has 0 N–H and O–H groups in total. The molecule has 0 spiro atoms. The fourth-order valence-corrected chi connectivity index (χ4v) is 3.34. The van der Waals surface area contributed by atoms with Crippen LogP contribution >= 0.6 is 11.6 Å². The van der Waals surface area contributed by atoms with Gasteiger partial charge in [0.1, 0.15) is 16.9 Å². The third kappa shape index (κ3) is 4.83. The lowest BCUT2D eigenvalue weighted by molar-refractivity contribution is -0.133. The Morgan fingerprint density at radius 3 is 2.78 bits per heavy atom. The first-order chi connectivity index (χ1) is 13.1. The molecule has 1 saturated heterocycles. The van der Waals surface area contributed by atoms with Crippen LogP contribution in [0.1, 0.15) is 18.4 Å². The Hall–Kier alpha value is -2.47. The van der Waals surface area contributed by atoms with Gasteiger partial charge in [0, 0.05) is 25.0 Å². The van der Waals surface area contributed by atoms with Gasteiger partial charge in [-0.2, -0.15) is 0 Å². The lowest BCUT2D eigenvalue weighted by Gasteiger charge is -2.33. The number of pyridine rings is 1. The number of hydrogen-bond donors (Lipinski definition) is 0. The Balaban J connectivity index is 1.62. The van der Waals surface area contributed by atoms with Gasteiger partial charge in [0.25, 0.3) is 0 Å². The first-order valence-corrected chi connectivity index (χ1v) is 9.23. The summed E-state index contributed by atoms with van der Waals surface area (Å²) in [6.07, 6.45) is 5.21. The van der Waals surface area contributed by atoms with Crippen LogP contribution in [0.15, 0.2) is 36.7 Å². The Morgan fingerprint density at radius 2 is 2.04 bits per heavy atom. The molecule has 1 fully saturated rings. The van der Waals surface area contributed by atoms with Gasteiger partial charge in [0.2, 0.25) is 5.91 Å². The predicted molar refractivity (Wildman–Crippen MR) is 103 cm³/mol. The maximum absolute atomic E-state index is 12.7. The van der Waals surface area contributed by atoms with Crippen molar-refractivity contribution < 1.29 is 19.0 Å². The number of rotatable bonds is 6. The largest absolute Gasteiger partial charge is 0.493 e. The number of carbonyl (C=O) groups excluding carboxylic acids is 1. The molecule has 1 aliphatic heterocycles. The second kappa shape index (κ2) is 8.95. The van der Waals surface area contributed by atoms with E-state index >= 15 is 0 Å². The molecule has 7 heteroatoms. The van der Waals surface area contributed by atoms with Crippen LogP contribution in [-0.2, 0) is 11.2 Å². The van der Waals surface area contributed by atoms with E-state index in [2.05, 4.69) is 4.98 Å². The summed E-state index contributed by atoms with van der Waals surface area (Å²) in [5, 5.41) is 0.478. The molecule has 1 aromatic heterocycles. The summed E-state index contributed by atoms with van der Waals surface area (Å²) in [7, 11) is 3.17. The summed E-state index contributed by atoms with van der Waals surface area (Å²) < 4.78 is 16.5. The lowest BCUT2D eigenvalue weighted by Crippen LogP contribution is -2.45. The van der Waals surface area contributed by atoms with Crippen LogP contribution < -0.4 is 14.2 Å². The molecule has 2 heterocycles. The van der Waals surface area contributed by atoms with Crippen LogP contribution in [0.3, 0.4) is 0 Å². The summed E-state index contributed by atoms with van der Waals surface area (Å²) in [5.41, 5.74) is 0.887. The number of piperidine rings is 1. The topological polar surface area (TPSA) is 60.9 Å². The Labute approximate surface area is 164 Å². The van der Waals surface area contributed by atoms with Gasteiger partial charge in [-0.3, -0.25) is 9.78 Å². The standard InChI is InChI=1S/C20H23ClN2O4/c1-25-18-6-5-14(10-19(18)26-2)11-20(24)23-9-3-4-15(13-23)27-17-7-8-22-12-16(17)21/h5-8,10,12,15H,3-4,9,11,13H2,1-2H3/t15-/m1/s1. The zero-order valence-electron chi connectivity index (χ0n) is 15.5. The summed E-state index contributed by atoms with van der Waals surface area (Å²) in [4.78, 5) is 18.6. The second-order valence-electron chi connectivity index (χ2n) is 6.39. The van der Waals surface area contributed by atoms with E-state index in [1.165, 1.54) is 0 Å². The van der Waals surface area contributed by atoms with Gasteiger partial charge in [-0.15, -0.1) is 0 Å². The number of likely N-dealkylation sites (tertiary alicyclic amines) is 1. The number of ether oxygens (including phenoxy) is 3. The second-order valence-corrected chi connectivity index (χ2v) is 6.80. The highest BCUT2D eigenvalue weighted by atomic mass is 35.5. The SMILES string of the molecule is COc1ccc(CC(=O)N2CCC[C@@H](Oc3ccncc3Cl)C2)cc1OC. The normalized spacial score (nSPS) is 16.7. The molecule has 1 aromatic carbocycles. The fourth-order valence-electron chi connectivity index (χ4n) is 3.18. The molecule has 0 saturated carbocycles. The number of nitrogens with zero attached hydrogens (tertiary/aromatic N) is 2. The van der Waals surface area contributed by atoms with Crippen molar-refractivity contribution in [1.82, 2.24) is 9.88 Å². The number of methoxy groups -OCH3 is 2. The van der Waals surface area contributed by atoms with E-state index < -0.39 is 0 Å². The molecule has 0 radical (unpaired) electrons. The molecule has 1 aliphatic rings. The minimum Gasteiger partial charge on any atom is -0.493 e. The number of hydrogen-bond acceptors (Lipinski definition) is 5. The molecule has 0 unspecified atom stereocenters. The molecule has 27 heavy (non-hydrogen) atoms. The zero-order valence-corrected chi connectivity index (χ0v) is 16.2. The summed E-state index contributed by atoms with van der Waals surface area (Å²) in [6, 6.07) is 7.28. The fraction of sp³-hybridized carbons (Fsp3) is 0.400. The summed E-state index contributed by atoms with van der Waals surface area (Å²) >= 11 is 6.11. The van der Waals surface area contributed by atoms with Gasteiger partial charge >= 0.3 is 0 Å². The van der Waals surface area contributed by atoms with Gasteiger partial charge < -0.3 is 19.1 Å². The van der Waals surface area contributed by atoms with Crippen LogP contribution in [0.4, 0.5) is 0 Å². The van der Waals surface area contributed by atoms with Crippen LogP contribution in [0.2, 0.25) is 5.02 Å². The van der Waals surface area contributed by atoms with Crippen LogP contribution in [0, 0.1) is 0 Å². The van der Waals surface area contributed by atoms with E-state index in [1.54, 1.807) is 32.7 Å². The molecule has 0 aliphatic carbocycles. The minimum atomic E-state index is -0.0759. The predicted octanol–water partition coefficient (Wildman–Crippen LogP) is 3.36. The minimum absolute atomic E-state index is 0.0661. The van der Waals surface area contributed by atoms with Crippen molar-refractivity contribution >= 4 is 17.5 Å². The zero-order chi connectivity index (χ0) is 19.2. The van der Waals surface area contributed by atoms with E-state index in [0.29, 0.717) is 35.2 Å². The van der Waals surface area contributed by atoms with E-state index in [9.17, 15) is 4.79 Å². The van der Waals surface area contributed by atoms with Gasteiger partial charge in [0.15, 0.2) is 11.5 Å². The van der Waals surface area contributed by atoms with Gasteiger partial charge in [-0.1, -0.05) is 17.7 Å². The maximum Gasteiger partial charge on any atom is 0.227 e. The average Bonchev–Trinajstić information content (AvgIpc) is 2.70. The van der Waals surface area contributed by atoms with Gasteiger partial charge in [0.05, 0.1) is 27.2 Å². The van der Waals surface area contributed by atoms with Crippen molar-refractivity contribution in [2.45, 2.75) is 25.4 Å². The third-order valence-electron chi connectivity index (χ3n) is 4.56. The van der Waals surface area contributed by atoms with Crippen LogP contribution in [0.25, 0.3) is 0 Å². The van der Waals surface area contributed by atoms with Crippen molar-refractivity contribution in [3.63, 3.8) is 0 Å². The monoisotopic (exact) mass is 390 g/mol. The van der Waals surface area contributed by atoms with Crippen molar-refractivity contribution in [3.05, 3.63) is 47.2 Å². The number of benzene rings is 1. The smallest absolute Gasteiger partial charge is 0.227 e. The highest BCUT2D eigenvalue weighted by molar-refractivity contribution is 6.31. The van der Waals surface area contributed by atoms with E-state index in [1.807, 2.05) is 23.1 Å². The molecule has 1 amide bonds. The quantitative estimate of drug-likeness (QED) is 0.756. The Kier molecular flexibility index (Phi) is 6.40. The molecule has 6 nitrogen and oxygen atoms in total. The first-order valence-electron chi connectivity index (χ1n) is 8.85. The van der Waals surface area contributed by atoms with Crippen molar-refractivity contribution in [2.24, 2.45) is 0 Å². The molecule has 3 rings (SSSR count). The van der Waals surface area contributed by atoms with Crippen molar-refractivity contribution in [1.29, 1.82) is 0 Å². The summed E-state index contributed by atoms with van der Waals surface area (Å²) in [5.74, 6) is 1.94. The number of amides is 1. The Morgan fingerprint density at radius 1 is 1.22 bits per heavy atom. The average molecular weight is 391 g/mol. The molecular weight excluding hydrogens is 368 g/mol. The molecule has 0 bridgehead atoms. The third-order valence-corrected chi connectivity index (χ3v) is 4.85. The van der Waals surface area contributed by atoms with E-state index in [0.717, 1.165) is 24.9 Å². The molecular formula is C20H23ClN2O4. The molecule has 2 aromatic rings. The highest BCUT2D eigenvalue weighted by Gasteiger charge is 2.25. The summed E-state index contributed by atoms with van der Waals surface area (Å²) in [6.45, 7) is 1.28. The van der Waals surface area contributed by atoms with E-state index in [4.69, 9.17) is 25.8 Å².